The molecular weight excluding hydrogens is 614 g/mol. The van der Waals surface area contributed by atoms with Crippen molar-refractivity contribution in [2.45, 2.75) is 51.8 Å². The van der Waals surface area contributed by atoms with Crippen LogP contribution in [-0.2, 0) is 12.1 Å². The number of carboxylic acid groups (broad SMARTS) is 1. The number of piperidine rings is 1. The topological polar surface area (TPSA) is 96.7 Å². The van der Waals surface area contributed by atoms with Crippen LogP contribution in [0.4, 0.5) is 10.1 Å². The molecule has 0 spiro atoms. The highest BCUT2D eigenvalue weighted by molar-refractivity contribution is 7.12. The van der Waals surface area contributed by atoms with Gasteiger partial charge in [-0.05, 0) is 93.1 Å². The van der Waals surface area contributed by atoms with Crippen LogP contribution >= 0.6 is 35.3 Å². The van der Waals surface area contributed by atoms with Gasteiger partial charge in [-0.25, -0.2) is 9.18 Å². The Labute approximate surface area is 264 Å². The summed E-state index contributed by atoms with van der Waals surface area (Å²) in [6, 6.07) is 13.1. The summed E-state index contributed by atoms with van der Waals surface area (Å²) < 4.78 is 21.4. The number of hydrogen-bond acceptors (Lipinski definition) is 6. The number of ether oxygens (including phenoxy) is 1. The number of aromatic carboxylic acids is 1. The summed E-state index contributed by atoms with van der Waals surface area (Å²) in [5, 5.41) is 19.1. The van der Waals surface area contributed by atoms with Crippen LogP contribution in [0.2, 0.25) is 5.02 Å². The highest BCUT2D eigenvalue weighted by Crippen LogP contribution is 2.31. The van der Waals surface area contributed by atoms with Gasteiger partial charge in [0.05, 0.1) is 23.0 Å². The van der Waals surface area contributed by atoms with E-state index in [2.05, 4.69) is 15.3 Å². The molecule has 1 aliphatic rings. The summed E-state index contributed by atoms with van der Waals surface area (Å²) in [5.74, 6) is -1.24. The van der Waals surface area contributed by atoms with Gasteiger partial charge in [0.15, 0.2) is 4.88 Å². The molecule has 0 aliphatic carbocycles. The van der Waals surface area contributed by atoms with Crippen LogP contribution in [0.15, 0.2) is 60.1 Å². The van der Waals surface area contributed by atoms with E-state index in [0.717, 1.165) is 42.8 Å². The van der Waals surface area contributed by atoms with Crippen molar-refractivity contribution in [2.24, 2.45) is 0 Å². The van der Waals surface area contributed by atoms with Crippen molar-refractivity contribution >= 4 is 52.9 Å². The second-order valence-corrected chi connectivity index (χ2v) is 12.6. The van der Waals surface area contributed by atoms with E-state index in [1.807, 2.05) is 26.8 Å². The van der Waals surface area contributed by atoms with Crippen LogP contribution in [-0.4, -0.2) is 50.9 Å². The Bertz CT molecular complexity index is 1590. The molecular formula is C31H33Cl2FN4O4S. The molecule has 1 fully saturated rings. The first-order chi connectivity index (χ1) is 20.0. The van der Waals surface area contributed by atoms with E-state index in [0.29, 0.717) is 39.8 Å². The fourth-order valence-electron chi connectivity index (χ4n) is 5.03. The Morgan fingerprint density at radius 3 is 2.49 bits per heavy atom. The molecule has 1 aliphatic heterocycles. The maximum atomic E-state index is 13.6. The minimum absolute atomic E-state index is 0. The first kappa shape index (κ1) is 32.5. The number of carboxylic acids is 1. The number of benzene rings is 2. The summed E-state index contributed by atoms with van der Waals surface area (Å²) in [6.45, 7) is 8.09. The number of amides is 1. The predicted octanol–water partition coefficient (Wildman–Crippen LogP) is 7.57. The maximum Gasteiger partial charge on any atom is 0.349 e. The molecule has 5 rings (SSSR count). The monoisotopic (exact) mass is 646 g/mol. The molecule has 0 unspecified atom stereocenters. The average Bonchev–Trinajstić information content (AvgIpc) is 3.60. The van der Waals surface area contributed by atoms with Crippen molar-refractivity contribution in [1.29, 1.82) is 0 Å². The number of carbonyl (C=O) groups is 2. The summed E-state index contributed by atoms with van der Waals surface area (Å²) in [7, 11) is 0. The van der Waals surface area contributed by atoms with Crippen LogP contribution in [0.25, 0.3) is 11.3 Å². The Morgan fingerprint density at radius 2 is 1.84 bits per heavy atom. The molecule has 12 heteroatoms. The number of thiophene rings is 1. The number of hydrogen-bond donors (Lipinski definition) is 2. The number of likely N-dealkylation sites (tertiary alicyclic amines) is 1. The Balaban J connectivity index is 0.00000423. The van der Waals surface area contributed by atoms with Crippen molar-refractivity contribution in [3.8, 4) is 17.0 Å². The number of carbonyl (C=O) groups excluding carboxylic acids is 1. The third-order valence-electron chi connectivity index (χ3n) is 7.12. The first-order valence-electron chi connectivity index (χ1n) is 13.6. The quantitative estimate of drug-likeness (QED) is 0.205. The first-order valence-corrected chi connectivity index (χ1v) is 14.9. The Kier molecular flexibility index (Phi) is 10.2. The van der Waals surface area contributed by atoms with E-state index in [-0.39, 0.29) is 35.1 Å². The van der Waals surface area contributed by atoms with Gasteiger partial charge in [0, 0.05) is 35.9 Å². The third kappa shape index (κ3) is 7.56. The van der Waals surface area contributed by atoms with E-state index in [9.17, 15) is 19.1 Å². The lowest BCUT2D eigenvalue weighted by Crippen LogP contribution is -2.38. The number of nitrogens with zero attached hydrogens (tertiary/aromatic N) is 3. The fraction of sp³-hybridized carbons (Fsp3) is 0.323. The minimum atomic E-state index is -0.978. The van der Waals surface area contributed by atoms with Gasteiger partial charge in [-0.1, -0.05) is 11.6 Å². The second-order valence-electron chi connectivity index (χ2n) is 11.3. The van der Waals surface area contributed by atoms with Crippen molar-refractivity contribution in [1.82, 2.24) is 14.7 Å². The zero-order chi connectivity index (χ0) is 30.0. The number of rotatable bonds is 8. The van der Waals surface area contributed by atoms with E-state index in [1.54, 1.807) is 40.4 Å². The number of halogens is 3. The predicted molar refractivity (Wildman–Crippen MR) is 169 cm³/mol. The van der Waals surface area contributed by atoms with Crippen molar-refractivity contribution in [3.05, 3.63) is 87.0 Å². The molecule has 0 atom stereocenters. The molecule has 8 nitrogen and oxygen atoms in total. The highest BCUT2D eigenvalue weighted by Gasteiger charge is 2.26. The lowest BCUT2D eigenvalue weighted by atomic mass is 10.0. The van der Waals surface area contributed by atoms with Crippen LogP contribution in [0, 0.1) is 5.82 Å². The van der Waals surface area contributed by atoms with Gasteiger partial charge >= 0.3 is 5.97 Å². The molecule has 2 N–H and O–H groups in total. The molecule has 43 heavy (non-hydrogen) atoms. The van der Waals surface area contributed by atoms with Gasteiger partial charge in [0.2, 0.25) is 0 Å². The molecule has 2 aromatic carbocycles. The maximum absolute atomic E-state index is 13.6. The molecule has 2 aromatic heterocycles. The van der Waals surface area contributed by atoms with Crippen molar-refractivity contribution in [2.75, 3.05) is 18.4 Å². The zero-order valence-corrected chi connectivity index (χ0v) is 26.4. The third-order valence-corrected chi connectivity index (χ3v) is 8.37. The molecule has 228 valence electrons. The summed E-state index contributed by atoms with van der Waals surface area (Å²) in [5.41, 5.74) is 2.75. The largest absolute Gasteiger partial charge is 0.489 e. The van der Waals surface area contributed by atoms with Gasteiger partial charge in [-0.15, -0.1) is 23.7 Å². The van der Waals surface area contributed by atoms with E-state index < -0.39 is 11.5 Å². The molecule has 0 radical (unpaired) electrons. The summed E-state index contributed by atoms with van der Waals surface area (Å²) in [6.07, 6.45) is 3.00. The molecule has 0 saturated carbocycles. The zero-order valence-electron chi connectivity index (χ0n) is 24.0. The summed E-state index contributed by atoms with van der Waals surface area (Å²) >= 11 is 7.71. The van der Waals surface area contributed by atoms with Crippen LogP contribution in [0.1, 0.15) is 59.2 Å². The van der Waals surface area contributed by atoms with E-state index >= 15 is 0 Å². The molecule has 4 aromatic rings. The fourth-order valence-corrected chi connectivity index (χ4v) is 5.87. The van der Waals surface area contributed by atoms with Crippen LogP contribution < -0.4 is 10.1 Å². The number of aromatic nitrogens is 2. The average molecular weight is 648 g/mol. The number of nitrogens with one attached hydrogen (secondary N) is 1. The van der Waals surface area contributed by atoms with E-state index in [1.165, 1.54) is 18.3 Å². The van der Waals surface area contributed by atoms with Crippen molar-refractivity contribution in [3.63, 3.8) is 0 Å². The van der Waals surface area contributed by atoms with Gasteiger partial charge in [-0.2, -0.15) is 5.10 Å². The Hall–Kier alpha value is -3.44. The normalized spacial score (nSPS) is 14.3. The van der Waals surface area contributed by atoms with Gasteiger partial charge in [0.25, 0.3) is 5.91 Å². The Morgan fingerprint density at radius 1 is 1.14 bits per heavy atom. The van der Waals surface area contributed by atoms with E-state index in [4.69, 9.17) is 16.3 Å². The SMILES string of the molecule is CC(C)(C)n1ncc(C(=O)Nc2ccc(Cl)c(CN3CCC(Oc4ccsc4C(=O)O)CC3)c2)c1-c1ccc(F)cc1.Cl. The van der Waals surface area contributed by atoms with Gasteiger partial charge in [-0.3, -0.25) is 14.4 Å². The molecule has 0 bridgehead atoms. The van der Waals surface area contributed by atoms with Crippen LogP contribution in [0.3, 0.4) is 0 Å². The molecule has 3 heterocycles. The van der Waals surface area contributed by atoms with Crippen LogP contribution in [0.5, 0.6) is 5.75 Å². The standard InChI is InChI=1S/C31H32ClFN4O4S.ClH/c1-31(2,3)37-27(19-4-6-21(33)7-5-19)24(17-34-37)29(38)35-22-8-9-25(32)20(16-22)18-36-13-10-23(11-14-36)41-26-12-15-42-28(26)30(39)40;/h4-9,12,15-17,23H,10-11,13-14,18H2,1-3H3,(H,35,38)(H,39,40);1H. The lowest BCUT2D eigenvalue weighted by molar-refractivity contribution is 0.0682. The van der Waals surface area contributed by atoms with Gasteiger partial charge in [0.1, 0.15) is 17.7 Å². The minimum Gasteiger partial charge on any atom is -0.489 e. The second kappa shape index (κ2) is 13.5. The number of anilines is 1. The highest BCUT2D eigenvalue weighted by atomic mass is 35.5. The van der Waals surface area contributed by atoms with Gasteiger partial charge < -0.3 is 15.2 Å². The lowest BCUT2D eigenvalue weighted by Gasteiger charge is -2.32. The smallest absolute Gasteiger partial charge is 0.349 e. The summed E-state index contributed by atoms with van der Waals surface area (Å²) in [4.78, 5) is 27.4. The molecule has 1 amide bonds. The molecule has 1 saturated heterocycles. The van der Waals surface area contributed by atoms with Crippen molar-refractivity contribution < 1.29 is 23.8 Å².